The first-order chi connectivity index (χ1) is 6.70. The maximum atomic E-state index is 5.71. The van der Waals surface area contributed by atoms with Crippen LogP contribution in [-0.4, -0.2) is 16.2 Å². The first-order valence-corrected chi connectivity index (χ1v) is 5.30. The fourth-order valence-corrected chi connectivity index (χ4v) is 1.71. The van der Waals surface area contributed by atoms with Crippen molar-refractivity contribution in [2.24, 2.45) is 0 Å². The molecule has 1 heterocycles. The van der Waals surface area contributed by atoms with Crippen LogP contribution in [0.15, 0.2) is 23.1 Å². The number of nitrogens with two attached hydrogens (primary N) is 2. The van der Waals surface area contributed by atoms with Gasteiger partial charge in [-0.05, 0) is 24.5 Å². The van der Waals surface area contributed by atoms with E-state index in [1.54, 1.807) is 11.8 Å². The molecule has 2 aromatic rings. The SMILES string of the molecule is CSc1ccc2c(N)nc(N)nc2c1. The molecule has 0 amide bonds. The first-order valence-electron chi connectivity index (χ1n) is 4.07. The summed E-state index contributed by atoms with van der Waals surface area (Å²) in [6.07, 6.45) is 2.01. The minimum absolute atomic E-state index is 0.216. The van der Waals surface area contributed by atoms with Gasteiger partial charge in [-0.1, -0.05) is 0 Å². The van der Waals surface area contributed by atoms with E-state index in [4.69, 9.17) is 11.5 Å². The Morgan fingerprint density at radius 2 is 2.00 bits per heavy atom. The summed E-state index contributed by atoms with van der Waals surface area (Å²) in [6.45, 7) is 0. The fraction of sp³-hybridized carbons (Fsp3) is 0.111. The molecule has 0 aliphatic carbocycles. The van der Waals surface area contributed by atoms with E-state index >= 15 is 0 Å². The molecule has 4 nitrogen and oxygen atoms in total. The van der Waals surface area contributed by atoms with Crippen LogP contribution in [0.2, 0.25) is 0 Å². The summed E-state index contributed by atoms with van der Waals surface area (Å²) in [4.78, 5) is 9.15. The van der Waals surface area contributed by atoms with Crippen LogP contribution in [-0.2, 0) is 0 Å². The number of aromatic nitrogens is 2. The molecular weight excluding hydrogens is 196 g/mol. The van der Waals surface area contributed by atoms with Gasteiger partial charge in [0.2, 0.25) is 5.95 Å². The van der Waals surface area contributed by atoms with E-state index in [-0.39, 0.29) is 5.95 Å². The molecular formula is C9H10N4S. The second-order valence-electron chi connectivity index (χ2n) is 2.85. The molecule has 0 unspecified atom stereocenters. The van der Waals surface area contributed by atoms with E-state index in [0.717, 1.165) is 15.8 Å². The molecule has 1 aromatic carbocycles. The van der Waals surface area contributed by atoms with Gasteiger partial charge in [0.25, 0.3) is 0 Å². The van der Waals surface area contributed by atoms with Crippen LogP contribution in [0.4, 0.5) is 11.8 Å². The van der Waals surface area contributed by atoms with Crippen molar-refractivity contribution in [1.82, 2.24) is 9.97 Å². The Labute approximate surface area is 85.7 Å². The zero-order valence-corrected chi connectivity index (χ0v) is 8.51. The molecule has 0 saturated heterocycles. The van der Waals surface area contributed by atoms with Crippen molar-refractivity contribution < 1.29 is 0 Å². The number of thioether (sulfide) groups is 1. The average molecular weight is 206 g/mol. The number of nitrogen functional groups attached to an aromatic ring is 2. The second-order valence-corrected chi connectivity index (χ2v) is 3.73. The molecule has 0 aliphatic rings. The summed E-state index contributed by atoms with van der Waals surface area (Å²) in [5, 5.41) is 0.844. The largest absolute Gasteiger partial charge is 0.383 e. The Bertz CT molecular complexity index is 483. The molecule has 0 radical (unpaired) electrons. The first kappa shape index (κ1) is 9.08. The monoisotopic (exact) mass is 206 g/mol. The number of fused-ring (bicyclic) bond motifs is 1. The third kappa shape index (κ3) is 1.46. The number of hydrogen-bond acceptors (Lipinski definition) is 5. The van der Waals surface area contributed by atoms with Crippen LogP contribution < -0.4 is 11.5 Å². The Morgan fingerprint density at radius 3 is 2.71 bits per heavy atom. The third-order valence-corrected chi connectivity index (χ3v) is 2.68. The van der Waals surface area contributed by atoms with E-state index < -0.39 is 0 Å². The van der Waals surface area contributed by atoms with Crippen molar-refractivity contribution in [3.63, 3.8) is 0 Å². The van der Waals surface area contributed by atoms with Gasteiger partial charge in [-0.15, -0.1) is 11.8 Å². The van der Waals surface area contributed by atoms with Crippen LogP contribution in [0.1, 0.15) is 0 Å². The molecule has 1 aromatic heterocycles. The van der Waals surface area contributed by atoms with Crippen LogP contribution in [0.25, 0.3) is 10.9 Å². The lowest BCUT2D eigenvalue weighted by Crippen LogP contribution is -2.00. The topological polar surface area (TPSA) is 77.8 Å². The molecule has 0 fully saturated rings. The third-order valence-electron chi connectivity index (χ3n) is 1.95. The summed E-state index contributed by atoms with van der Waals surface area (Å²) in [6, 6.07) is 5.85. The van der Waals surface area contributed by atoms with Crippen LogP contribution in [0, 0.1) is 0 Å². The van der Waals surface area contributed by atoms with Crippen molar-refractivity contribution in [1.29, 1.82) is 0 Å². The highest BCUT2D eigenvalue weighted by molar-refractivity contribution is 7.98. The second kappa shape index (κ2) is 3.34. The fourth-order valence-electron chi connectivity index (χ4n) is 1.28. The molecule has 72 valence electrons. The molecule has 2 rings (SSSR count). The number of anilines is 2. The van der Waals surface area contributed by atoms with Crippen LogP contribution >= 0.6 is 11.8 Å². The van der Waals surface area contributed by atoms with Crippen LogP contribution in [0.5, 0.6) is 0 Å². The van der Waals surface area contributed by atoms with Crippen molar-refractivity contribution in [3.05, 3.63) is 18.2 Å². The van der Waals surface area contributed by atoms with Crippen molar-refractivity contribution in [2.75, 3.05) is 17.7 Å². The lowest BCUT2D eigenvalue weighted by atomic mass is 10.2. The summed E-state index contributed by atoms with van der Waals surface area (Å²) >= 11 is 1.65. The summed E-state index contributed by atoms with van der Waals surface area (Å²) in [5.74, 6) is 0.647. The normalized spacial score (nSPS) is 10.6. The van der Waals surface area contributed by atoms with Gasteiger partial charge in [0.1, 0.15) is 5.82 Å². The van der Waals surface area contributed by atoms with Gasteiger partial charge in [-0.25, -0.2) is 4.98 Å². The maximum Gasteiger partial charge on any atom is 0.222 e. The van der Waals surface area contributed by atoms with Gasteiger partial charge in [0.05, 0.1) is 5.52 Å². The quantitative estimate of drug-likeness (QED) is 0.691. The number of nitrogens with zero attached hydrogens (tertiary/aromatic N) is 2. The van der Waals surface area contributed by atoms with Gasteiger partial charge in [0.15, 0.2) is 0 Å². The average Bonchev–Trinajstić information content (AvgIpc) is 2.16. The lowest BCUT2D eigenvalue weighted by Gasteiger charge is -2.03. The summed E-state index contributed by atoms with van der Waals surface area (Å²) < 4.78 is 0. The van der Waals surface area contributed by atoms with E-state index in [2.05, 4.69) is 9.97 Å². The van der Waals surface area contributed by atoms with Crippen molar-refractivity contribution >= 4 is 34.4 Å². The number of hydrogen-bond donors (Lipinski definition) is 2. The Hall–Kier alpha value is -1.49. The van der Waals surface area contributed by atoms with Crippen LogP contribution in [0.3, 0.4) is 0 Å². The maximum absolute atomic E-state index is 5.71. The Morgan fingerprint density at radius 1 is 1.21 bits per heavy atom. The van der Waals surface area contributed by atoms with Crippen molar-refractivity contribution in [3.8, 4) is 0 Å². The Kier molecular flexibility index (Phi) is 2.17. The highest BCUT2D eigenvalue weighted by Crippen LogP contribution is 2.23. The molecule has 0 atom stereocenters. The minimum Gasteiger partial charge on any atom is -0.383 e. The predicted octanol–water partition coefficient (Wildman–Crippen LogP) is 1.52. The van der Waals surface area contributed by atoms with E-state index in [0.29, 0.717) is 5.82 Å². The number of benzene rings is 1. The van der Waals surface area contributed by atoms with Gasteiger partial charge in [-0.2, -0.15) is 4.98 Å². The van der Waals surface area contributed by atoms with Gasteiger partial charge < -0.3 is 11.5 Å². The van der Waals surface area contributed by atoms with E-state index in [1.807, 2.05) is 24.5 Å². The molecule has 4 N–H and O–H groups in total. The zero-order valence-electron chi connectivity index (χ0n) is 7.69. The Balaban J connectivity index is 2.75. The van der Waals surface area contributed by atoms with Gasteiger partial charge in [0, 0.05) is 10.3 Å². The lowest BCUT2D eigenvalue weighted by molar-refractivity contribution is 1.24. The summed E-state index contributed by atoms with van der Waals surface area (Å²) in [7, 11) is 0. The standard InChI is InChI=1S/C9H10N4S/c1-14-5-2-3-6-7(4-5)12-9(11)13-8(6)10/h2-4H,1H3,(H4,10,11,12,13). The molecule has 0 saturated carbocycles. The summed E-state index contributed by atoms with van der Waals surface area (Å²) in [5.41, 5.74) is 12.0. The highest BCUT2D eigenvalue weighted by Gasteiger charge is 2.03. The molecule has 14 heavy (non-hydrogen) atoms. The van der Waals surface area contributed by atoms with E-state index in [1.165, 1.54) is 0 Å². The molecule has 5 heteroatoms. The molecule has 0 spiro atoms. The van der Waals surface area contributed by atoms with Crippen molar-refractivity contribution in [2.45, 2.75) is 4.90 Å². The van der Waals surface area contributed by atoms with Gasteiger partial charge in [-0.3, -0.25) is 0 Å². The number of rotatable bonds is 1. The van der Waals surface area contributed by atoms with Gasteiger partial charge >= 0.3 is 0 Å². The highest BCUT2D eigenvalue weighted by atomic mass is 32.2. The zero-order chi connectivity index (χ0) is 10.1. The van der Waals surface area contributed by atoms with E-state index in [9.17, 15) is 0 Å². The minimum atomic E-state index is 0.216. The molecule has 0 aliphatic heterocycles. The molecule has 0 bridgehead atoms. The smallest absolute Gasteiger partial charge is 0.222 e. The predicted molar refractivity (Wildman–Crippen MR) is 60.1 cm³/mol.